The lowest BCUT2D eigenvalue weighted by molar-refractivity contribution is 0.101. The molecule has 0 heterocycles. The molecule has 0 saturated carbocycles. The van der Waals surface area contributed by atoms with Crippen molar-refractivity contribution >= 4 is 27.5 Å². The van der Waals surface area contributed by atoms with E-state index >= 15 is 0 Å². The molecule has 6 heteroatoms. The number of carbonyl (C=O) groups excluding carboxylic acids is 1. The van der Waals surface area contributed by atoms with Gasteiger partial charge >= 0.3 is 0 Å². The number of hydrogen-bond acceptors (Lipinski definition) is 2. The van der Waals surface area contributed by atoms with E-state index in [0.29, 0.717) is 4.47 Å². The molecule has 0 aliphatic carbocycles. The lowest BCUT2D eigenvalue weighted by Crippen LogP contribution is -2.16. The number of amides is 1. The number of nitrogens with one attached hydrogen (secondary N) is 1. The van der Waals surface area contributed by atoms with Gasteiger partial charge in [0.1, 0.15) is 22.9 Å². The molecule has 0 fully saturated rings. The van der Waals surface area contributed by atoms with E-state index in [1.165, 1.54) is 31.4 Å². The first kappa shape index (κ1) is 14.5. The molecule has 1 amide bonds. The number of halogens is 3. The molecule has 1 N–H and O–H groups in total. The minimum Gasteiger partial charge on any atom is -0.496 e. The number of carbonyl (C=O) groups is 1. The molecule has 0 bridgehead atoms. The zero-order chi connectivity index (χ0) is 14.7. The standard InChI is InChI=1S/C14H10BrF2NO2/c1-20-12-4-2-3-9(16)13(12)14(19)18-11-6-5-8(15)7-10(11)17/h2-7H,1H3,(H,18,19). The monoisotopic (exact) mass is 341 g/mol. The van der Waals surface area contributed by atoms with Gasteiger partial charge in [0, 0.05) is 4.47 Å². The molecule has 2 aromatic carbocycles. The maximum absolute atomic E-state index is 13.7. The van der Waals surface area contributed by atoms with Gasteiger partial charge in [0.25, 0.3) is 5.91 Å². The summed E-state index contributed by atoms with van der Waals surface area (Å²) in [6, 6.07) is 8.16. The van der Waals surface area contributed by atoms with Gasteiger partial charge in [-0.25, -0.2) is 8.78 Å². The summed E-state index contributed by atoms with van der Waals surface area (Å²) in [6.45, 7) is 0. The van der Waals surface area contributed by atoms with Crippen molar-refractivity contribution in [2.45, 2.75) is 0 Å². The maximum atomic E-state index is 13.7. The van der Waals surface area contributed by atoms with E-state index in [9.17, 15) is 13.6 Å². The van der Waals surface area contributed by atoms with Crippen molar-refractivity contribution in [1.29, 1.82) is 0 Å². The van der Waals surface area contributed by atoms with Crippen LogP contribution in [-0.4, -0.2) is 13.0 Å². The predicted octanol–water partition coefficient (Wildman–Crippen LogP) is 3.99. The molecule has 2 aromatic rings. The second kappa shape index (κ2) is 6.00. The molecule has 0 spiro atoms. The topological polar surface area (TPSA) is 38.3 Å². The van der Waals surface area contributed by atoms with E-state index in [-0.39, 0.29) is 17.0 Å². The normalized spacial score (nSPS) is 10.2. The average Bonchev–Trinajstić information content (AvgIpc) is 2.41. The molecule has 20 heavy (non-hydrogen) atoms. The molecule has 0 atom stereocenters. The van der Waals surface area contributed by atoms with E-state index in [1.54, 1.807) is 6.07 Å². The van der Waals surface area contributed by atoms with Crippen LogP contribution >= 0.6 is 15.9 Å². The van der Waals surface area contributed by atoms with Crippen molar-refractivity contribution in [2.75, 3.05) is 12.4 Å². The van der Waals surface area contributed by atoms with Crippen LogP contribution in [0.25, 0.3) is 0 Å². The Balaban J connectivity index is 2.33. The summed E-state index contributed by atoms with van der Waals surface area (Å²) in [7, 11) is 1.33. The van der Waals surface area contributed by atoms with Crippen LogP contribution in [0.3, 0.4) is 0 Å². The number of anilines is 1. The molecule has 0 radical (unpaired) electrons. The van der Waals surface area contributed by atoms with Crippen LogP contribution in [0.2, 0.25) is 0 Å². The fraction of sp³-hybridized carbons (Fsp3) is 0.0714. The molecule has 0 saturated heterocycles. The molecular weight excluding hydrogens is 332 g/mol. The lowest BCUT2D eigenvalue weighted by atomic mass is 10.1. The summed E-state index contributed by atoms with van der Waals surface area (Å²) < 4.78 is 32.8. The summed E-state index contributed by atoms with van der Waals surface area (Å²) in [4.78, 5) is 12.0. The Morgan fingerprint density at radius 2 is 1.95 bits per heavy atom. The van der Waals surface area contributed by atoms with Gasteiger partial charge in [0.2, 0.25) is 0 Å². The van der Waals surface area contributed by atoms with Gasteiger partial charge in [-0.05, 0) is 30.3 Å². The third-order valence-corrected chi connectivity index (χ3v) is 3.09. The van der Waals surface area contributed by atoms with Crippen molar-refractivity contribution < 1.29 is 18.3 Å². The Morgan fingerprint density at radius 3 is 2.60 bits per heavy atom. The summed E-state index contributed by atoms with van der Waals surface area (Å²) in [5.41, 5.74) is -0.305. The van der Waals surface area contributed by atoms with Crippen LogP contribution in [0.5, 0.6) is 5.75 Å². The first-order chi connectivity index (χ1) is 9.52. The van der Waals surface area contributed by atoms with Gasteiger partial charge in [-0.3, -0.25) is 4.79 Å². The Labute approximate surface area is 122 Å². The molecular formula is C14H10BrF2NO2. The number of benzene rings is 2. The zero-order valence-electron chi connectivity index (χ0n) is 10.4. The summed E-state index contributed by atoms with van der Waals surface area (Å²) >= 11 is 3.11. The summed E-state index contributed by atoms with van der Waals surface area (Å²) in [5, 5.41) is 2.31. The van der Waals surface area contributed by atoms with Crippen molar-refractivity contribution in [2.24, 2.45) is 0 Å². The maximum Gasteiger partial charge on any atom is 0.262 e. The highest BCUT2D eigenvalue weighted by Crippen LogP contribution is 2.24. The van der Waals surface area contributed by atoms with Crippen molar-refractivity contribution in [3.8, 4) is 5.75 Å². The minimum absolute atomic E-state index is 0.0384. The average molecular weight is 342 g/mol. The van der Waals surface area contributed by atoms with Crippen molar-refractivity contribution in [3.63, 3.8) is 0 Å². The number of rotatable bonds is 3. The van der Waals surface area contributed by atoms with Gasteiger partial charge < -0.3 is 10.1 Å². The summed E-state index contributed by atoms with van der Waals surface area (Å²) in [6.07, 6.45) is 0. The van der Waals surface area contributed by atoms with E-state index in [0.717, 1.165) is 6.07 Å². The molecule has 0 aliphatic rings. The van der Waals surface area contributed by atoms with Crippen LogP contribution in [0.1, 0.15) is 10.4 Å². The second-order valence-corrected chi connectivity index (χ2v) is 4.81. The first-order valence-electron chi connectivity index (χ1n) is 5.62. The Morgan fingerprint density at radius 1 is 1.20 bits per heavy atom. The Kier molecular flexibility index (Phi) is 4.34. The summed E-state index contributed by atoms with van der Waals surface area (Å²) in [5.74, 6) is -2.05. The van der Waals surface area contributed by atoms with Crippen LogP contribution in [0, 0.1) is 11.6 Å². The highest BCUT2D eigenvalue weighted by molar-refractivity contribution is 9.10. The second-order valence-electron chi connectivity index (χ2n) is 3.90. The first-order valence-corrected chi connectivity index (χ1v) is 6.41. The van der Waals surface area contributed by atoms with Gasteiger partial charge in [0.15, 0.2) is 0 Å². The molecule has 3 nitrogen and oxygen atoms in total. The van der Waals surface area contributed by atoms with E-state index in [4.69, 9.17) is 4.74 Å². The van der Waals surface area contributed by atoms with Crippen molar-refractivity contribution in [3.05, 3.63) is 58.1 Å². The Bertz CT molecular complexity index is 662. The van der Waals surface area contributed by atoms with Gasteiger partial charge in [-0.15, -0.1) is 0 Å². The van der Waals surface area contributed by atoms with Gasteiger partial charge in [-0.2, -0.15) is 0 Å². The van der Waals surface area contributed by atoms with Gasteiger partial charge in [-0.1, -0.05) is 22.0 Å². The van der Waals surface area contributed by atoms with Gasteiger partial charge in [0.05, 0.1) is 12.8 Å². The molecule has 0 unspecified atom stereocenters. The molecule has 104 valence electrons. The smallest absolute Gasteiger partial charge is 0.262 e. The van der Waals surface area contributed by atoms with E-state index < -0.39 is 17.5 Å². The number of hydrogen-bond donors (Lipinski definition) is 1. The largest absolute Gasteiger partial charge is 0.496 e. The van der Waals surface area contributed by atoms with Crippen LogP contribution in [0.15, 0.2) is 40.9 Å². The highest BCUT2D eigenvalue weighted by atomic mass is 79.9. The minimum atomic E-state index is -0.777. The fourth-order valence-corrected chi connectivity index (χ4v) is 2.00. The lowest BCUT2D eigenvalue weighted by Gasteiger charge is -2.10. The van der Waals surface area contributed by atoms with Crippen LogP contribution < -0.4 is 10.1 Å². The molecule has 0 aromatic heterocycles. The quantitative estimate of drug-likeness (QED) is 0.916. The number of methoxy groups -OCH3 is 1. The molecule has 2 rings (SSSR count). The fourth-order valence-electron chi connectivity index (χ4n) is 1.67. The van der Waals surface area contributed by atoms with E-state index in [1.807, 2.05) is 0 Å². The Hall–Kier alpha value is -1.95. The van der Waals surface area contributed by atoms with Crippen LogP contribution in [0.4, 0.5) is 14.5 Å². The number of ether oxygens (including phenoxy) is 1. The zero-order valence-corrected chi connectivity index (χ0v) is 12.0. The van der Waals surface area contributed by atoms with E-state index in [2.05, 4.69) is 21.2 Å². The molecule has 0 aliphatic heterocycles. The predicted molar refractivity (Wildman–Crippen MR) is 75.0 cm³/mol. The SMILES string of the molecule is COc1cccc(F)c1C(=O)Nc1ccc(Br)cc1F. The van der Waals surface area contributed by atoms with Crippen molar-refractivity contribution in [1.82, 2.24) is 0 Å². The third kappa shape index (κ3) is 2.96. The van der Waals surface area contributed by atoms with Crippen LogP contribution in [-0.2, 0) is 0 Å². The highest BCUT2D eigenvalue weighted by Gasteiger charge is 2.18. The third-order valence-electron chi connectivity index (χ3n) is 2.60.